The number of hydrogen-bond donors (Lipinski definition) is 0. The number of alkyl halides is 1. The molecule has 0 aromatic heterocycles. The van der Waals surface area contributed by atoms with Crippen LogP contribution in [0.4, 0.5) is 0 Å². The molecular weight excluding hydrogens is 248 g/mol. The summed E-state index contributed by atoms with van der Waals surface area (Å²) < 4.78 is 5.92. The highest BCUT2D eigenvalue weighted by Crippen LogP contribution is 2.59. The van der Waals surface area contributed by atoms with Crippen molar-refractivity contribution in [2.75, 3.05) is 5.88 Å². The molecule has 4 fully saturated rings. The maximum absolute atomic E-state index is 11.9. The van der Waals surface area contributed by atoms with Gasteiger partial charge in [-0.2, -0.15) is 0 Å². The van der Waals surface area contributed by atoms with Gasteiger partial charge in [0.05, 0.1) is 0 Å². The smallest absolute Gasteiger partial charge is 0.306 e. The van der Waals surface area contributed by atoms with Crippen molar-refractivity contribution in [3.8, 4) is 0 Å². The summed E-state index contributed by atoms with van der Waals surface area (Å²) in [5.74, 6) is 3.58. The zero-order chi connectivity index (χ0) is 12.8. The van der Waals surface area contributed by atoms with Crippen LogP contribution in [0.25, 0.3) is 0 Å². The molecule has 4 aliphatic carbocycles. The maximum atomic E-state index is 11.9. The summed E-state index contributed by atoms with van der Waals surface area (Å²) in [6.07, 6.45) is 7.78. The zero-order valence-electron chi connectivity index (χ0n) is 11.2. The molecule has 4 saturated carbocycles. The summed E-state index contributed by atoms with van der Waals surface area (Å²) >= 11 is 5.64. The van der Waals surface area contributed by atoms with Gasteiger partial charge in [-0.05, 0) is 69.1 Å². The van der Waals surface area contributed by atoms with Crippen LogP contribution in [0.5, 0.6) is 0 Å². The van der Waals surface area contributed by atoms with Crippen LogP contribution in [0.3, 0.4) is 0 Å². The molecule has 0 aromatic carbocycles. The van der Waals surface area contributed by atoms with Gasteiger partial charge >= 0.3 is 5.97 Å². The van der Waals surface area contributed by atoms with Crippen LogP contribution in [-0.4, -0.2) is 17.5 Å². The summed E-state index contributed by atoms with van der Waals surface area (Å²) in [6.45, 7) is 2.19. The predicted molar refractivity (Wildman–Crippen MR) is 71.5 cm³/mol. The first-order chi connectivity index (χ1) is 8.61. The highest BCUT2D eigenvalue weighted by molar-refractivity contribution is 6.17. The van der Waals surface area contributed by atoms with Crippen LogP contribution in [0.1, 0.15) is 51.9 Å². The van der Waals surface area contributed by atoms with E-state index in [0.717, 1.165) is 18.3 Å². The fourth-order valence-electron chi connectivity index (χ4n) is 4.79. The van der Waals surface area contributed by atoms with E-state index < -0.39 is 0 Å². The summed E-state index contributed by atoms with van der Waals surface area (Å²) in [5.41, 5.74) is -0.170. The third kappa shape index (κ3) is 2.07. The molecule has 0 aliphatic heterocycles. The molecule has 3 heteroatoms. The van der Waals surface area contributed by atoms with E-state index in [9.17, 15) is 4.79 Å². The number of carbonyl (C=O) groups excluding carboxylic acids is 1. The minimum absolute atomic E-state index is 0.0365. The van der Waals surface area contributed by atoms with E-state index >= 15 is 0 Å². The van der Waals surface area contributed by atoms with E-state index in [-0.39, 0.29) is 11.6 Å². The topological polar surface area (TPSA) is 26.3 Å². The molecule has 0 spiro atoms. The van der Waals surface area contributed by atoms with E-state index in [1.54, 1.807) is 0 Å². The average Bonchev–Trinajstić information content (AvgIpc) is 2.33. The fourth-order valence-corrected chi connectivity index (χ4v) is 4.93. The molecule has 4 aliphatic rings. The standard InChI is InChI=1S/C15H23ClO2/c1-15(18-14(17)3-2-4-16)12-6-10-5-11(8-12)9-13(15)7-10/h10-13H,2-9H2,1H3. The molecule has 0 amide bonds. The first-order valence-electron chi connectivity index (χ1n) is 7.39. The minimum Gasteiger partial charge on any atom is -0.459 e. The van der Waals surface area contributed by atoms with E-state index in [1.165, 1.54) is 32.1 Å². The Morgan fingerprint density at radius 1 is 1.17 bits per heavy atom. The molecule has 0 heterocycles. The highest BCUT2D eigenvalue weighted by Gasteiger charge is 2.56. The Morgan fingerprint density at radius 2 is 1.72 bits per heavy atom. The molecule has 4 rings (SSSR count). The van der Waals surface area contributed by atoms with Crippen molar-refractivity contribution >= 4 is 17.6 Å². The quantitative estimate of drug-likeness (QED) is 0.574. The second kappa shape index (κ2) is 4.70. The number of esters is 1. The summed E-state index contributed by atoms with van der Waals surface area (Å²) in [6, 6.07) is 0. The summed E-state index contributed by atoms with van der Waals surface area (Å²) in [7, 11) is 0. The Kier molecular flexibility index (Phi) is 3.34. The molecule has 0 unspecified atom stereocenters. The molecule has 2 nitrogen and oxygen atoms in total. The maximum Gasteiger partial charge on any atom is 0.306 e. The van der Waals surface area contributed by atoms with Gasteiger partial charge < -0.3 is 4.74 Å². The zero-order valence-corrected chi connectivity index (χ0v) is 11.9. The Balaban J connectivity index is 1.68. The lowest BCUT2D eigenvalue weighted by atomic mass is 9.50. The SMILES string of the molecule is CC1(OC(=O)CCCCl)C2CC3CC(C2)CC1C3. The number of ether oxygens (including phenoxy) is 1. The lowest BCUT2D eigenvalue weighted by Gasteiger charge is -2.59. The molecule has 0 atom stereocenters. The van der Waals surface area contributed by atoms with E-state index in [0.29, 0.717) is 24.1 Å². The van der Waals surface area contributed by atoms with Crippen LogP contribution in [0.15, 0.2) is 0 Å². The van der Waals surface area contributed by atoms with Gasteiger partial charge in [-0.15, -0.1) is 11.6 Å². The molecule has 102 valence electrons. The van der Waals surface area contributed by atoms with Gasteiger partial charge in [0.15, 0.2) is 0 Å². The van der Waals surface area contributed by atoms with Crippen LogP contribution in [0, 0.1) is 23.7 Å². The predicted octanol–water partition coefficient (Wildman–Crippen LogP) is 3.76. The lowest BCUT2D eigenvalue weighted by molar-refractivity contribution is -0.203. The average molecular weight is 271 g/mol. The van der Waals surface area contributed by atoms with Crippen LogP contribution >= 0.6 is 11.6 Å². The monoisotopic (exact) mass is 270 g/mol. The summed E-state index contributed by atoms with van der Waals surface area (Å²) in [5, 5.41) is 0. The minimum atomic E-state index is -0.170. The van der Waals surface area contributed by atoms with Gasteiger partial charge in [0.1, 0.15) is 5.60 Å². The third-order valence-corrected chi connectivity index (χ3v) is 5.87. The van der Waals surface area contributed by atoms with Crippen LogP contribution in [-0.2, 0) is 9.53 Å². The van der Waals surface area contributed by atoms with Gasteiger partial charge in [0, 0.05) is 12.3 Å². The normalized spacial score (nSPS) is 45.2. The van der Waals surface area contributed by atoms with Gasteiger partial charge in [0.2, 0.25) is 0 Å². The van der Waals surface area contributed by atoms with Crippen molar-refractivity contribution in [1.82, 2.24) is 0 Å². The van der Waals surface area contributed by atoms with Crippen molar-refractivity contribution in [3.63, 3.8) is 0 Å². The van der Waals surface area contributed by atoms with Gasteiger partial charge in [0.25, 0.3) is 0 Å². The van der Waals surface area contributed by atoms with Crippen molar-refractivity contribution in [1.29, 1.82) is 0 Å². The Hall–Kier alpha value is -0.240. The lowest BCUT2D eigenvalue weighted by Crippen LogP contribution is -2.57. The number of rotatable bonds is 4. The molecule has 0 saturated heterocycles. The molecular formula is C15H23ClO2. The first-order valence-corrected chi connectivity index (χ1v) is 7.93. The van der Waals surface area contributed by atoms with Crippen molar-refractivity contribution in [2.24, 2.45) is 23.7 Å². The molecule has 0 aromatic rings. The van der Waals surface area contributed by atoms with Crippen molar-refractivity contribution < 1.29 is 9.53 Å². The van der Waals surface area contributed by atoms with Gasteiger partial charge in [-0.1, -0.05) is 0 Å². The molecule has 18 heavy (non-hydrogen) atoms. The van der Waals surface area contributed by atoms with Gasteiger partial charge in [-0.3, -0.25) is 4.79 Å². The van der Waals surface area contributed by atoms with E-state index in [4.69, 9.17) is 16.3 Å². The number of hydrogen-bond acceptors (Lipinski definition) is 2. The Bertz CT molecular complexity index is 311. The fraction of sp³-hybridized carbons (Fsp3) is 0.933. The van der Waals surface area contributed by atoms with E-state index in [2.05, 4.69) is 6.92 Å². The number of halogens is 1. The Morgan fingerprint density at radius 3 is 2.22 bits per heavy atom. The second-order valence-electron chi connectivity index (χ2n) is 6.75. The van der Waals surface area contributed by atoms with Crippen LogP contribution < -0.4 is 0 Å². The molecule has 0 radical (unpaired) electrons. The first kappa shape index (κ1) is 12.8. The molecule has 0 N–H and O–H groups in total. The summed E-state index contributed by atoms with van der Waals surface area (Å²) in [4.78, 5) is 11.9. The number of carbonyl (C=O) groups is 1. The van der Waals surface area contributed by atoms with E-state index in [1.807, 2.05) is 0 Å². The van der Waals surface area contributed by atoms with Crippen molar-refractivity contribution in [2.45, 2.75) is 57.5 Å². The third-order valence-electron chi connectivity index (χ3n) is 5.61. The van der Waals surface area contributed by atoms with Crippen molar-refractivity contribution in [3.05, 3.63) is 0 Å². The Labute approximate surface area is 114 Å². The second-order valence-corrected chi connectivity index (χ2v) is 7.13. The van der Waals surface area contributed by atoms with Crippen LogP contribution in [0.2, 0.25) is 0 Å². The largest absolute Gasteiger partial charge is 0.459 e. The highest BCUT2D eigenvalue weighted by atomic mass is 35.5. The van der Waals surface area contributed by atoms with Gasteiger partial charge in [-0.25, -0.2) is 0 Å². The molecule has 4 bridgehead atoms.